The number of hydrogen-bond donors (Lipinski definition) is 3. The van der Waals surface area contributed by atoms with Gasteiger partial charge in [-0.25, -0.2) is 5.84 Å². The van der Waals surface area contributed by atoms with Crippen molar-refractivity contribution < 1.29 is 4.74 Å². The van der Waals surface area contributed by atoms with E-state index < -0.39 is 0 Å². The van der Waals surface area contributed by atoms with Crippen LogP contribution < -0.4 is 21.3 Å². The molecule has 0 aliphatic carbocycles. The fourth-order valence-corrected chi connectivity index (χ4v) is 1.68. The monoisotopic (exact) mass is 274 g/mol. The standard InChI is InChI=1S/C13H18N6O/c1-3-20-13-17-11(16-12(18-13)19-14)15-8-10-7-5-4-6-9(10)2/h4-7H,3,8,14H2,1-2H3,(H2,15,16,17,18,19). The quantitative estimate of drug-likeness (QED) is 0.542. The summed E-state index contributed by atoms with van der Waals surface area (Å²) in [6.45, 7) is 5.01. The minimum Gasteiger partial charge on any atom is -0.464 e. The predicted octanol–water partition coefficient (Wildman–Crippen LogP) is 1.48. The minimum absolute atomic E-state index is 0.239. The molecule has 1 aromatic carbocycles. The lowest BCUT2D eigenvalue weighted by Crippen LogP contribution is -2.14. The summed E-state index contributed by atoms with van der Waals surface area (Å²) in [5.74, 6) is 6.01. The molecule has 7 nitrogen and oxygen atoms in total. The van der Waals surface area contributed by atoms with Gasteiger partial charge < -0.3 is 10.1 Å². The Kier molecular flexibility index (Phi) is 4.67. The Hall–Kier alpha value is -2.41. The first-order valence-electron chi connectivity index (χ1n) is 6.36. The molecule has 0 amide bonds. The van der Waals surface area contributed by atoms with E-state index in [1.165, 1.54) is 11.1 Å². The van der Waals surface area contributed by atoms with Crippen LogP contribution in [0.2, 0.25) is 0 Å². The van der Waals surface area contributed by atoms with Gasteiger partial charge in [0.15, 0.2) is 0 Å². The van der Waals surface area contributed by atoms with Gasteiger partial charge in [-0.05, 0) is 25.0 Å². The van der Waals surface area contributed by atoms with E-state index in [9.17, 15) is 0 Å². The molecule has 0 radical (unpaired) electrons. The number of anilines is 2. The maximum Gasteiger partial charge on any atom is 0.323 e. The molecule has 4 N–H and O–H groups in total. The van der Waals surface area contributed by atoms with Crippen LogP contribution in [0.15, 0.2) is 24.3 Å². The zero-order valence-electron chi connectivity index (χ0n) is 11.6. The molecule has 0 bridgehead atoms. The van der Waals surface area contributed by atoms with Crippen LogP contribution in [0.25, 0.3) is 0 Å². The van der Waals surface area contributed by atoms with Crippen molar-refractivity contribution in [2.24, 2.45) is 5.84 Å². The zero-order valence-corrected chi connectivity index (χ0v) is 11.6. The lowest BCUT2D eigenvalue weighted by Gasteiger charge is -2.09. The molecular weight excluding hydrogens is 256 g/mol. The van der Waals surface area contributed by atoms with E-state index in [1.807, 2.05) is 19.1 Å². The highest BCUT2D eigenvalue weighted by molar-refractivity contribution is 5.37. The van der Waals surface area contributed by atoms with Gasteiger partial charge in [0.2, 0.25) is 11.9 Å². The Bertz CT molecular complexity index is 575. The molecular formula is C13H18N6O. The third-order valence-corrected chi connectivity index (χ3v) is 2.72. The average Bonchev–Trinajstić information content (AvgIpc) is 2.46. The maximum atomic E-state index is 5.33. The molecule has 7 heteroatoms. The van der Waals surface area contributed by atoms with E-state index in [4.69, 9.17) is 10.6 Å². The summed E-state index contributed by atoms with van der Waals surface area (Å²) >= 11 is 0. The van der Waals surface area contributed by atoms with Crippen molar-refractivity contribution in [2.45, 2.75) is 20.4 Å². The SMILES string of the molecule is CCOc1nc(NN)nc(NCc2ccccc2C)n1. The number of ether oxygens (including phenoxy) is 1. The van der Waals surface area contributed by atoms with Crippen molar-refractivity contribution in [3.63, 3.8) is 0 Å². The van der Waals surface area contributed by atoms with Gasteiger partial charge in [-0.2, -0.15) is 15.0 Å². The predicted molar refractivity (Wildman–Crippen MR) is 77.3 cm³/mol. The van der Waals surface area contributed by atoms with E-state index >= 15 is 0 Å². The van der Waals surface area contributed by atoms with Crippen molar-refractivity contribution in [2.75, 3.05) is 17.3 Å². The van der Waals surface area contributed by atoms with Crippen LogP contribution in [-0.2, 0) is 6.54 Å². The van der Waals surface area contributed by atoms with Gasteiger partial charge in [0, 0.05) is 6.54 Å². The molecule has 2 aromatic rings. The third kappa shape index (κ3) is 3.55. The van der Waals surface area contributed by atoms with Gasteiger partial charge in [0.25, 0.3) is 0 Å². The van der Waals surface area contributed by atoms with Gasteiger partial charge in [0.05, 0.1) is 6.61 Å². The number of rotatable bonds is 6. The molecule has 1 heterocycles. The number of aromatic nitrogens is 3. The molecule has 106 valence electrons. The Labute approximate surface area is 117 Å². The largest absolute Gasteiger partial charge is 0.464 e. The van der Waals surface area contributed by atoms with E-state index in [1.54, 1.807) is 0 Å². The summed E-state index contributed by atoms with van der Waals surface area (Å²) in [7, 11) is 0. The molecule has 0 saturated carbocycles. The lowest BCUT2D eigenvalue weighted by atomic mass is 10.1. The highest BCUT2D eigenvalue weighted by atomic mass is 16.5. The maximum absolute atomic E-state index is 5.33. The van der Waals surface area contributed by atoms with Crippen LogP contribution >= 0.6 is 0 Å². The van der Waals surface area contributed by atoms with Crippen molar-refractivity contribution in [1.82, 2.24) is 15.0 Å². The third-order valence-electron chi connectivity index (χ3n) is 2.72. The van der Waals surface area contributed by atoms with Crippen molar-refractivity contribution in [3.05, 3.63) is 35.4 Å². The molecule has 0 aliphatic heterocycles. The number of benzene rings is 1. The van der Waals surface area contributed by atoms with E-state index in [0.29, 0.717) is 19.1 Å². The van der Waals surface area contributed by atoms with Crippen molar-refractivity contribution in [3.8, 4) is 6.01 Å². The Balaban J connectivity index is 2.12. The second-order valence-electron chi connectivity index (χ2n) is 4.12. The van der Waals surface area contributed by atoms with Crippen LogP contribution in [0.1, 0.15) is 18.1 Å². The van der Waals surface area contributed by atoms with Gasteiger partial charge in [-0.15, -0.1) is 0 Å². The summed E-state index contributed by atoms with van der Waals surface area (Å²) in [5, 5.41) is 3.14. The summed E-state index contributed by atoms with van der Waals surface area (Å²) in [6.07, 6.45) is 0. The first kappa shape index (κ1) is 14.0. The number of nitrogens with zero attached hydrogens (tertiary/aromatic N) is 3. The number of nitrogens with two attached hydrogens (primary N) is 1. The van der Waals surface area contributed by atoms with Gasteiger partial charge in [-0.1, -0.05) is 24.3 Å². The minimum atomic E-state index is 0.239. The molecule has 0 atom stereocenters. The second-order valence-corrected chi connectivity index (χ2v) is 4.12. The highest BCUT2D eigenvalue weighted by Crippen LogP contribution is 2.13. The molecule has 0 spiro atoms. The van der Waals surface area contributed by atoms with Crippen LogP contribution in [0.4, 0.5) is 11.9 Å². The first-order chi connectivity index (χ1) is 9.72. The Morgan fingerprint density at radius 1 is 1.15 bits per heavy atom. The van der Waals surface area contributed by atoms with Crippen LogP contribution in [0.3, 0.4) is 0 Å². The van der Waals surface area contributed by atoms with E-state index in [-0.39, 0.29) is 12.0 Å². The number of aryl methyl sites for hydroxylation is 1. The first-order valence-corrected chi connectivity index (χ1v) is 6.36. The van der Waals surface area contributed by atoms with E-state index in [0.717, 1.165) is 0 Å². The van der Waals surface area contributed by atoms with Crippen molar-refractivity contribution >= 4 is 11.9 Å². The van der Waals surface area contributed by atoms with Gasteiger partial charge >= 0.3 is 6.01 Å². The fraction of sp³-hybridized carbons (Fsp3) is 0.308. The van der Waals surface area contributed by atoms with Crippen LogP contribution in [-0.4, -0.2) is 21.6 Å². The highest BCUT2D eigenvalue weighted by Gasteiger charge is 2.06. The summed E-state index contributed by atoms with van der Waals surface area (Å²) in [4.78, 5) is 12.3. The van der Waals surface area contributed by atoms with E-state index in [2.05, 4.69) is 44.8 Å². The molecule has 0 aliphatic rings. The lowest BCUT2D eigenvalue weighted by molar-refractivity contribution is 0.312. The summed E-state index contributed by atoms with van der Waals surface area (Å²) < 4.78 is 5.27. The summed E-state index contributed by atoms with van der Waals surface area (Å²) in [6, 6.07) is 8.35. The summed E-state index contributed by atoms with van der Waals surface area (Å²) in [5.41, 5.74) is 4.77. The molecule has 1 aromatic heterocycles. The number of hydrazine groups is 1. The molecule has 0 fully saturated rings. The number of nitrogen functional groups attached to an aromatic ring is 1. The Morgan fingerprint density at radius 2 is 1.90 bits per heavy atom. The normalized spacial score (nSPS) is 10.2. The Morgan fingerprint density at radius 3 is 2.60 bits per heavy atom. The molecule has 0 unspecified atom stereocenters. The van der Waals surface area contributed by atoms with Crippen LogP contribution in [0.5, 0.6) is 6.01 Å². The topological polar surface area (TPSA) is 98.0 Å². The fourth-order valence-electron chi connectivity index (χ4n) is 1.68. The molecule has 0 saturated heterocycles. The second kappa shape index (κ2) is 6.67. The van der Waals surface area contributed by atoms with Gasteiger partial charge in [0.1, 0.15) is 0 Å². The number of hydrogen-bond acceptors (Lipinski definition) is 7. The number of nitrogens with one attached hydrogen (secondary N) is 2. The molecule has 20 heavy (non-hydrogen) atoms. The smallest absolute Gasteiger partial charge is 0.323 e. The van der Waals surface area contributed by atoms with Crippen molar-refractivity contribution in [1.29, 1.82) is 0 Å². The zero-order chi connectivity index (χ0) is 14.4. The average molecular weight is 274 g/mol. The van der Waals surface area contributed by atoms with Crippen LogP contribution in [0, 0.1) is 6.92 Å². The van der Waals surface area contributed by atoms with Gasteiger partial charge in [-0.3, -0.25) is 5.43 Å². The molecule has 2 rings (SSSR count).